The predicted molar refractivity (Wildman–Crippen MR) is 141 cm³/mol. The Morgan fingerprint density at radius 3 is 2.78 bits per heavy atom. The summed E-state index contributed by atoms with van der Waals surface area (Å²) in [6, 6.07) is 0. The van der Waals surface area contributed by atoms with E-state index in [4.69, 9.17) is 4.74 Å². The molecule has 0 radical (unpaired) electrons. The Hall–Kier alpha value is -1.53. The van der Waals surface area contributed by atoms with Crippen molar-refractivity contribution in [1.29, 1.82) is 0 Å². The molecule has 0 saturated heterocycles. The maximum Gasteiger partial charge on any atom is 0.154 e. The van der Waals surface area contributed by atoms with Crippen molar-refractivity contribution in [1.82, 2.24) is 15.0 Å². The number of Topliss-reactive ketones (excluding diaryl/α,β-unsaturated/α-hetero) is 1. The topological polar surface area (TPSA) is 77.2 Å². The van der Waals surface area contributed by atoms with Crippen molar-refractivity contribution in [2.24, 2.45) is 40.9 Å². The third-order valence-electron chi connectivity index (χ3n) is 10.5. The predicted octanol–water partition coefficient (Wildman–Crippen LogP) is 5.48. The molecule has 200 valence electrons. The monoisotopic (exact) mass is 497 g/mol. The Bertz CT molecular complexity index is 973. The van der Waals surface area contributed by atoms with Crippen molar-refractivity contribution in [3.8, 4) is 0 Å². The molecule has 0 spiro atoms. The van der Waals surface area contributed by atoms with Crippen LogP contribution in [0.2, 0.25) is 0 Å². The van der Waals surface area contributed by atoms with Crippen molar-refractivity contribution in [2.45, 2.75) is 104 Å². The van der Waals surface area contributed by atoms with Gasteiger partial charge in [-0.25, -0.2) is 4.68 Å². The van der Waals surface area contributed by atoms with E-state index in [1.165, 1.54) is 32.1 Å². The normalized spacial score (nSPS) is 39.8. The lowest BCUT2D eigenvalue weighted by molar-refractivity contribution is -0.136. The molecule has 1 N–H and O–H groups in total. The van der Waals surface area contributed by atoms with E-state index in [1.807, 2.05) is 4.68 Å². The third kappa shape index (κ3) is 4.97. The second-order valence-electron chi connectivity index (χ2n) is 13.2. The lowest BCUT2D eigenvalue weighted by Gasteiger charge is -2.58. The smallest absolute Gasteiger partial charge is 0.154 e. The molecule has 4 aliphatic rings. The fourth-order valence-corrected chi connectivity index (χ4v) is 8.95. The van der Waals surface area contributed by atoms with Crippen LogP contribution in [-0.4, -0.2) is 45.2 Å². The van der Waals surface area contributed by atoms with Crippen LogP contribution in [0.4, 0.5) is 0 Å². The van der Waals surface area contributed by atoms with Crippen molar-refractivity contribution in [3.63, 3.8) is 0 Å². The summed E-state index contributed by atoms with van der Waals surface area (Å²) in [6.45, 7) is 7.70. The first-order valence-corrected chi connectivity index (χ1v) is 14.6. The number of allylic oxidation sites excluding steroid dienone is 1. The highest BCUT2D eigenvalue weighted by atomic mass is 16.5. The number of nitrogens with zero attached hydrogens (tertiary/aromatic N) is 3. The van der Waals surface area contributed by atoms with Crippen molar-refractivity contribution >= 4 is 11.9 Å². The number of hydrogen-bond donors (Lipinski definition) is 1. The number of hydrogen-bond acceptors (Lipinski definition) is 5. The van der Waals surface area contributed by atoms with Gasteiger partial charge in [-0.05, 0) is 105 Å². The third-order valence-corrected chi connectivity index (χ3v) is 10.5. The van der Waals surface area contributed by atoms with Crippen LogP contribution in [0.3, 0.4) is 0 Å². The summed E-state index contributed by atoms with van der Waals surface area (Å²) in [6.07, 6.45) is 16.0. The second-order valence-corrected chi connectivity index (χ2v) is 13.2. The average Bonchev–Trinajstić information content (AvgIpc) is 3.21. The van der Waals surface area contributed by atoms with Crippen LogP contribution in [0.15, 0.2) is 6.08 Å². The number of ketones is 1. The van der Waals surface area contributed by atoms with Gasteiger partial charge in [-0.3, -0.25) is 4.79 Å². The van der Waals surface area contributed by atoms with Crippen LogP contribution in [0.5, 0.6) is 0 Å². The van der Waals surface area contributed by atoms with Gasteiger partial charge in [0.1, 0.15) is 6.54 Å². The Morgan fingerprint density at radius 2 is 2.00 bits per heavy atom. The average molecular weight is 498 g/mol. The minimum atomic E-state index is -0.630. The Morgan fingerprint density at radius 1 is 1.19 bits per heavy atom. The zero-order valence-electron chi connectivity index (χ0n) is 22.9. The molecular weight excluding hydrogens is 450 g/mol. The molecule has 1 unspecified atom stereocenters. The van der Waals surface area contributed by atoms with Gasteiger partial charge in [0.25, 0.3) is 0 Å². The van der Waals surface area contributed by atoms with E-state index >= 15 is 0 Å². The van der Waals surface area contributed by atoms with Crippen LogP contribution in [0.1, 0.15) is 96.4 Å². The molecule has 36 heavy (non-hydrogen) atoms. The molecular formula is C30H47N3O3. The maximum atomic E-state index is 13.5. The number of aromatic nitrogens is 3. The van der Waals surface area contributed by atoms with Gasteiger partial charge in [0.05, 0.1) is 23.6 Å². The number of aliphatic hydroxyl groups is 1. The minimum absolute atomic E-state index is 0.0670. The van der Waals surface area contributed by atoms with E-state index in [0.29, 0.717) is 43.1 Å². The minimum Gasteiger partial charge on any atom is -0.387 e. The van der Waals surface area contributed by atoms with Crippen LogP contribution in [-0.2, 0) is 22.5 Å². The van der Waals surface area contributed by atoms with Gasteiger partial charge in [0, 0.05) is 13.5 Å². The van der Waals surface area contributed by atoms with E-state index in [0.717, 1.165) is 61.2 Å². The molecule has 3 fully saturated rings. The van der Waals surface area contributed by atoms with Crippen molar-refractivity contribution in [3.05, 3.63) is 17.5 Å². The quantitative estimate of drug-likeness (QED) is 0.515. The van der Waals surface area contributed by atoms with Crippen LogP contribution >= 0.6 is 0 Å². The maximum absolute atomic E-state index is 13.5. The molecule has 6 nitrogen and oxygen atoms in total. The summed E-state index contributed by atoms with van der Waals surface area (Å²) < 4.78 is 7.19. The first-order valence-electron chi connectivity index (χ1n) is 14.6. The van der Waals surface area contributed by atoms with Gasteiger partial charge in [-0.1, -0.05) is 38.5 Å². The number of ether oxygens (including phenoxy) is 1. The van der Waals surface area contributed by atoms with E-state index in [9.17, 15) is 9.90 Å². The van der Waals surface area contributed by atoms with Gasteiger partial charge in [0.15, 0.2) is 5.78 Å². The fraction of sp³-hybridized carbons (Fsp3) is 0.833. The zero-order valence-corrected chi connectivity index (χ0v) is 22.9. The largest absolute Gasteiger partial charge is 0.387 e. The molecule has 1 aromatic rings. The van der Waals surface area contributed by atoms with E-state index in [2.05, 4.69) is 43.2 Å². The molecule has 0 aliphatic heterocycles. The van der Waals surface area contributed by atoms with E-state index in [-0.39, 0.29) is 5.41 Å². The second kappa shape index (κ2) is 10.3. The zero-order chi connectivity index (χ0) is 25.5. The Labute approximate surface area is 217 Å². The lowest BCUT2D eigenvalue weighted by Crippen LogP contribution is -2.52. The first kappa shape index (κ1) is 26.1. The molecule has 5 rings (SSSR count). The van der Waals surface area contributed by atoms with Gasteiger partial charge in [-0.15, -0.1) is 5.10 Å². The molecule has 0 bridgehead atoms. The number of rotatable bonds is 8. The molecule has 0 amide bonds. The van der Waals surface area contributed by atoms with Gasteiger partial charge >= 0.3 is 0 Å². The summed E-state index contributed by atoms with van der Waals surface area (Å²) in [4.78, 5) is 13.5. The summed E-state index contributed by atoms with van der Waals surface area (Å²) in [5.41, 5.74) is 1.48. The van der Waals surface area contributed by atoms with Crippen LogP contribution in [0.25, 0.3) is 6.08 Å². The number of carbonyl (C=O) groups is 1. The van der Waals surface area contributed by atoms with E-state index < -0.39 is 5.60 Å². The summed E-state index contributed by atoms with van der Waals surface area (Å²) in [5.74, 6) is 4.22. The highest BCUT2D eigenvalue weighted by Gasteiger charge is 2.53. The SMILES string of the molecule is CCC[C@H]1[C@@H]2CC[C@@H]3C[C@@](O)(COC)CC[C@@H]3[C@H]2CC[C@]1(C)CC(=O)Cn1nnc2c1C=CC(C)C2. The first-order chi connectivity index (χ1) is 17.2. The highest BCUT2D eigenvalue weighted by molar-refractivity contribution is 5.79. The molecule has 1 aromatic heterocycles. The van der Waals surface area contributed by atoms with Crippen molar-refractivity contribution < 1.29 is 14.6 Å². The molecule has 3 saturated carbocycles. The number of fused-ring (bicyclic) bond motifs is 4. The lowest BCUT2D eigenvalue weighted by atomic mass is 9.48. The van der Waals surface area contributed by atoms with Crippen LogP contribution in [0, 0.1) is 40.9 Å². The van der Waals surface area contributed by atoms with Crippen molar-refractivity contribution in [2.75, 3.05) is 13.7 Å². The number of methoxy groups -OCH3 is 1. The summed E-state index contributed by atoms with van der Waals surface area (Å²) in [5, 5.41) is 19.7. The standard InChI is InChI=1S/C30H47N3O3/c1-5-6-26-25-9-8-21-16-30(35,19-36-4)14-12-23(21)24(25)11-13-29(26,3)17-22(34)18-33-28-10-7-20(2)15-27(28)31-32-33/h7,10,20-21,23-26,35H,5-6,8-9,11-19H2,1-4H3/t20?,21-,23+,24-,25-,26+,29-,30-/m1/s1. The highest BCUT2D eigenvalue weighted by Crippen LogP contribution is 2.60. The Balaban J connectivity index is 1.27. The van der Waals surface area contributed by atoms with E-state index in [1.54, 1.807) is 7.11 Å². The van der Waals surface area contributed by atoms with Gasteiger partial charge < -0.3 is 9.84 Å². The molecule has 8 atom stereocenters. The van der Waals surface area contributed by atoms with Gasteiger partial charge in [-0.2, -0.15) is 0 Å². The Kier molecular flexibility index (Phi) is 7.48. The summed E-state index contributed by atoms with van der Waals surface area (Å²) in [7, 11) is 1.70. The number of carbonyl (C=O) groups excluding carboxylic acids is 1. The molecule has 6 heteroatoms. The van der Waals surface area contributed by atoms with Crippen LogP contribution < -0.4 is 0 Å². The fourth-order valence-electron chi connectivity index (χ4n) is 8.95. The molecule has 0 aromatic carbocycles. The summed E-state index contributed by atoms with van der Waals surface area (Å²) >= 11 is 0. The van der Waals surface area contributed by atoms with Gasteiger partial charge in [0.2, 0.25) is 0 Å². The molecule has 1 heterocycles. The molecule has 4 aliphatic carbocycles.